The van der Waals surface area contributed by atoms with E-state index in [9.17, 15) is 19.2 Å². The maximum absolute atomic E-state index is 14.2. The molecule has 15 heteroatoms. The Hall–Kier alpha value is -6.48. The Morgan fingerprint density at radius 2 is 1.26 bits per heavy atom. The number of carbonyl (C=O) groups is 4. The maximum Gasteiger partial charge on any atom is 0.407 e. The molecule has 2 fully saturated rings. The minimum atomic E-state index is -0.934. The number of alkyl carbamates (subject to hydrolysis) is 2. The Bertz CT molecular complexity index is 2290. The Kier molecular flexibility index (Phi) is 13.2. The van der Waals surface area contributed by atoms with Crippen LogP contribution in [0.25, 0.3) is 33.6 Å². The fourth-order valence-electron chi connectivity index (χ4n) is 8.53. The van der Waals surface area contributed by atoms with E-state index in [1.807, 2.05) is 80.3 Å². The van der Waals surface area contributed by atoms with Crippen LogP contribution < -0.4 is 10.6 Å². The first-order valence-corrected chi connectivity index (χ1v) is 20.7. The monoisotopic (exact) mass is 830 g/mol. The van der Waals surface area contributed by atoms with E-state index in [0.29, 0.717) is 36.8 Å². The number of imidazole rings is 2. The molecular formula is C46H54N8O7. The summed E-state index contributed by atoms with van der Waals surface area (Å²) in [7, 11) is 4.21. The highest BCUT2D eigenvalue weighted by Crippen LogP contribution is 2.39. The van der Waals surface area contributed by atoms with Gasteiger partial charge in [-0.15, -0.1) is 0 Å². The Morgan fingerprint density at radius 3 is 1.80 bits per heavy atom. The van der Waals surface area contributed by atoms with Gasteiger partial charge in [-0.2, -0.15) is 0 Å². The summed E-state index contributed by atoms with van der Waals surface area (Å²) in [5.74, 6) is 0.926. The standard InChI is InChI=1S/C46H54N8O7/c1-27(2)39(51-45(57)60-5)44(56)54-28(3)12-21-37(54)41-47-23-35(49-41)32-17-13-30(14-18-32)31-15-19-33(20-16-31)36-24-48-42(50-36)38-22-29(26-59-4)25-53(38)43(55)40(52-46(58)61-6)34-10-8-7-9-11-34/h7-11,13-20,23-24,27-29,37-40H,12,21-22,25-26H2,1-6H3,(H,47,49)(H,48,50)(H,51,57)(H,52,58)/t28-,29-,37-,38-,39-,40+/m0/s1. The number of benzene rings is 3. The number of rotatable bonds is 13. The van der Waals surface area contributed by atoms with Crippen LogP contribution in [-0.4, -0.2) is 100 Å². The zero-order valence-corrected chi connectivity index (χ0v) is 35.4. The van der Waals surface area contributed by atoms with Crippen molar-refractivity contribution in [3.63, 3.8) is 0 Å². The lowest BCUT2D eigenvalue weighted by Gasteiger charge is -2.32. The molecule has 2 saturated heterocycles. The van der Waals surface area contributed by atoms with Gasteiger partial charge in [0.1, 0.15) is 23.7 Å². The molecule has 5 aromatic rings. The van der Waals surface area contributed by atoms with Gasteiger partial charge in [-0.05, 0) is 59.9 Å². The fraction of sp³-hybridized carbons (Fsp3) is 0.391. The van der Waals surface area contributed by atoms with E-state index in [2.05, 4.69) is 44.9 Å². The number of amides is 4. The number of H-pyrrole nitrogens is 2. The van der Waals surface area contributed by atoms with E-state index in [4.69, 9.17) is 24.2 Å². The van der Waals surface area contributed by atoms with Crippen LogP contribution in [0.15, 0.2) is 91.3 Å². The minimum absolute atomic E-state index is 0.00800. The molecule has 4 heterocycles. The number of carbonyl (C=O) groups excluding carboxylic acids is 4. The molecule has 6 atom stereocenters. The first-order valence-electron chi connectivity index (χ1n) is 20.7. The van der Waals surface area contributed by atoms with Gasteiger partial charge in [0.25, 0.3) is 5.91 Å². The van der Waals surface area contributed by atoms with Gasteiger partial charge >= 0.3 is 12.2 Å². The van der Waals surface area contributed by atoms with Gasteiger partial charge in [-0.1, -0.05) is 92.7 Å². The highest BCUT2D eigenvalue weighted by atomic mass is 16.5. The number of ether oxygens (including phenoxy) is 3. The maximum atomic E-state index is 14.2. The zero-order chi connectivity index (χ0) is 43.2. The van der Waals surface area contributed by atoms with Gasteiger partial charge in [-0.25, -0.2) is 19.6 Å². The molecule has 0 radical (unpaired) electrons. The molecule has 3 aromatic carbocycles. The molecule has 0 unspecified atom stereocenters. The second-order valence-electron chi connectivity index (χ2n) is 16.1. The van der Waals surface area contributed by atoms with Crippen molar-refractivity contribution in [2.45, 2.75) is 70.2 Å². The molecule has 7 rings (SSSR count). The molecule has 15 nitrogen and oxygen atoms in total. The number of methoxy groups -OCH3 is 3. The summed E-state index contributed by atoms with van der Waals surface area (Å²) < 4.78 is 15.1. The van der Waals surface area contributed by atoms with Gasteiger partial charge < -0.3 is 44.6 Å². The van der Waals surface area contributed by atoms with Crippen LogP contribution in [0.2, 0.25) is 0 Å². The molecule has 61 heavy (non-hydrogen) atoms. The van der Waals surface area contributed by atoms with Crippen molar-refractivity contribution in [3.05, 3.63) is 108 Å². The van der Waals surface area contributed by atoms with Crippen LogP contribution in [0.3, 0.4) is 0 Å². The van der Waals surface area contributed by atoms with Crippen LogP contribution in [-0.2, 0) is 23.8 Å². The molecule has 0 spiro atoms. The SMILES string of the molecule is COC[C@H]1C[C@@H](c2ncc(-c3ccc(-c4ccc(-c5cnc([C@@H]6CC[C@H](C)N6C(=O)[C@@H](NC(=O)OC)C(C)C)[nH]5)cc4)cc3)[nH]2)N(C(=O)[C@H](NC(=O)OC)c2ccccc2)C1. The quantitative estimate of drug-likeness (QED) is 0.0953. The van der Waals surface area contributed by atoms with E-state index in [1.54, 1.807) is 24.4 Å². The molecular weight excluding hydrogens is 777 g/mol. The third-order valence-electron chi connectivity index (χ3n) is 11.8. The van der Waals surface area contributed by atoms with Crippen LogP contribution in [0.5, 0.6) is 0 Å². The van der Waals surface area contributed by atoms with Crippen molar-refractivity contribution in [1.29, 1.82) is 0 Å². The van der Waals surface area contributed by atoms with Gasteiger partial charge in [0, 0.05) is 25.6 Å². The number of aromatic amines is 2. The van der Waals surface area contributed by atoms with E-state index in [1.165, 1.54) is 14.2 Å². The Morgan fingerprint density at radius 1 is 0.721 bits per heavy atom. The minimum Gasteiger partial charge on any atom is -0.453 e. The Balaban J connectivity index is 1.04. The highest BCUT2D eigenvalue weighted by molar-refractivity contribution is 5.88. The topological polar surface area (TPSA) is 184 Å². The second-order valence-corrected chi connectivity index (χ2v) is 16.1. The van der Waals surface area contributed by atoms with Crippen molar-refractivity contribution in [2.24, 2.45) is 11.8 Å². The van der Waals surface area contributed by atoms with E-state index in [0.717, 1.165) is 46.5 Å². The summed E-state index contributed by atoms with van der Waals surface area (Å²) in [4.78, 5) is 72.4. The third kappa shape index (κ3) is 9.31. The second kappa shape index (κ2) is 18.8. The van der Waals surface area contributed by atoms with Crippen molar-refractivity contribution >= 4 is 24.0 Å². The lowest BCUT2D eigenvalue weighted by Crippen LogP contribution is -2.52. The summed E-state index contributed by atoms with van der Waals surface area (Å²) in [6.07, 6.45) is 4.50. The third-order valence-corrected chi connectivity index (χ3v) is 11.8. The fourth-order valence-corrected chi connectivity index (χ4v) is 8.53. The molecule has 2 aliphatic rings. The van der Waals surface area contributed by atoms with Crippen molar-refractivity contribution in [3.8, 4) is 33.6 Å². The molecule has 2 aromatic heterocycles. The number of likely N-dealkylation sites (tertiary alicyclic amines) is 2. The van der Waals surface area contributed by atoms with Crippen LogP contribution in [0.4, 0.5) is 9.59 Å². The molecule has 0 bridgehead atoms. The van der Waals surface area contributed by atoms with Crippen molar-refractivity contribution in [2.75, 3.05) is 34.5 Å². The van der Waals surface area contributed by atoms with Crippen molar-refractivity contribution < 1.29 is 33.4 Å². The van der Waals surface area contributed by atoms with Gasteiger partial charge in [0.15, 0.2) is 0 Å². The lowest BCUT2D eigenvalue weighted by molar-refractivity contribution is -0.137. The smallest absolute Gasteiger partial charge is 0.407 e. The van der Waals surface area contributed by atoms with Crippen molar-refractivity contribution in [1.82, 2.24) is 40.4 Å². The van der Waals surface area contributed by atoms with Gasteiger partial charge in [-0.3, -0.25) is 9.59 Å². The number of nitrogens with one attached hydrogen (secondary N) is 4. The normalized spacial score (nSPS) is 19.7. The summed E-state index contributed by atoms with van der Waals surface area (Å²) in [6.45, 7) is 6.76. The van der Waals surface area contributed by atoms with Crippen LogP contribution in [0.1, 0.15) is 75.4 Å². The Labute approximate surface area is 355 Å². The van der Waals surface area contributed by atoms with E-state index >= 15 is 0 Å². The summed E-state index contributed by atoms with van der Waals surface area (Å²) in [5, 5.41) is 5.44. The van der Waals surface area contributed by atoms with E-state index < -0.39 is 24.3 Å². The molecule has 320 valence electrons. The highest BCUT2D eigenvalue weighted by Gasteiger charge is 2.42. The van der Waals surface area contributed by atoms with Gasteiger partial charge in [0.2, 0.25) is 5.91 Å². The van der Waals surface area contributed by atoms with Gasteiger partial charge in [0.05, 0.1) is 56.7 Å². The van der Waals surface area contributed by atoms with Crippen LogP contribution in [0, 0.1) is 11.8 Å². The first kappa shape index (κ1) is 42.6. The number of aromatic nitrogens is 4. The molecule has 0 saturated carbocycles. The summed E-state index contributed by atoms with van der Waals surface area (Å²) >= 11 is 0. The predicted octanol–water partition coefficient (Wildman–Crippen LogP) is 7.20. The predicted molar refractivity (Wildman–Crippen MR) is 229 cm³/mol. The largest absolute Gasteiger partial charge is 0.453 e. The average molecular weight is 831 g/mol. The molecule has 4 amide bonds. The first-order chi connectivity index (χ1) is 29.5. The lowest BCUT2D eigenvalue weighted by atomic mass is 10.0. The summed E-state index contributed by atoms with van der Waals surface area (Å²) in [5.41, 5.74) is 6.30. The zero-order valence-electron chi connectivity index (χ0n) is 35.4. The number of hydrogen-bond acceptors (Lipinski definition) is 9. The number of nitrogens with zero attached hydrogens (tertiary/aromatic N) is 4. The van der Waals surface area contributed by atoms with E-state index in [-0.39, 0.29) is 41.8 Å². The molecule has 2 aliphatic heterocycles. The molecule has 4 N–H and O–H groups in total. The number of hydrogen-bond donors (Lipinski definition) is 4. The summed E-state index contributed by atoms with van der Waals surface area (Å²) in [6, 6.07) is 23.3. The average Bonchev–Trinajstić information content (AvgIpc) is 4.11. The molecule has 0 aliphatic carbocycles. The van der Waals surface area contributed by atoms with Crippen LogP contribution >= 0.6 is 0 Å².